The lowest BCUT2D eigenvalue weighted by Crippen LogP contribution is -2.25. The molecule has 2 aromatic heterocycles. The normalized spacial score (nSPS) is 11.7. The smallest absolute Gasteiger partial charge is 0.329 e. The molecule has 0 aliphatic rings. The Morgan fingerprint density at radius 2 is 2.23 bits per heavy atom. The van der Waals surface area contributed by atoms with Crippen molar-refractivity contribution in [3.63, 3.8) is 0 Å². The molecule has 0 saturated heterocycles. The van der Waals surface area contributed by atoms with E-state index < -0.39 is 11.9 Å². The molecule has 0 fully saturated rings. The SMILES string of the molecule is CCOC(=O)C(C#N)c1nc2sc3cc(OC)ccc3n2c(=N)c1C#N. The van der Waals surface area contributed by atoms with Gasteiger partial charge in [-0.05, 0) is 25.1 Å². The molecule has 0 aliphatic carbocycles. The van der Waals surface area contributed by atoms with Gasteiger partial charge in [-0.15, -0.1) is 0 Å². The van der Waals surface area contributed by atoms with Gasteiger partial charge in [0.2, 0.25) is 0 Å². The number of carbonyl (C=O) groups is 1. The molecule has 0 amide bonds. The molecule has 1 unspecified atom stereocenters. The van der Waals surface area contributed by atoms with Crippen LogP contribution >= 0.6 is 11.3 Å². The Balaban J connectivity index is 2.34. The van der Waals surface area contributed by atoms with Crippen LogP contribution in [0, 0.1) is 28.1 Å². The molecule has 26 heavy (non-hydrogen) atoms. The van der Waals surface area contributed by atoms with Gasteiger partial charge in [0.1, 0.15) is 17.4 Å². The van der Waals surface area contributed by atoms with Crippen LogP contribution in [0.2, 0.25) is 0 Å². The Morgan fingerprint density at radius 1 is 1.46 bits per heavy atom. The highest BCUT2D eigenvalue weighted by Gasteiger charge is 2.28. The fraction of sp³-hybridized carbons (Fsp3) is 0.235. The second-order valence-corrected chi connectivity index (χ2v) is 6.21. The molecule has 9 heteroatoms. The number of benzene rings is 1. The van der Waals surface area contributed by atoms with Crippen LogP contribution in [0.25, 0.3) is 15.2 Å². The van der Waals surface area contributed by atoms with E-state index in [1.54, 1.807) is 32.2 Å². The lowest BCUT2D eigenvalue weighted by molar-refractivity contribution is -0.143. The highest BCUT2D eigenvalue weighted by Crippen LogP contribution is 2.29. The fourth-order valence-corrected chi connectivity index (χ4v) is 3.65. The van der Waals surface area contributed by atoms with Crippen molar-refractivity contribution in [2.75, 3.05) is 13.7 Å². The van der Waals surface area contributed by atoms with Crippen LogP contribution in [0.4, 0.5) is 0 Å². The summed E-state index contributed by atoms with van der Waals surface area (Å²) in [5.41, 5.74) is 0.374. The average Bonchev–Trinajstić information content (AvgIpc) is 3.00. The summed E-state index contributed by atoms with van der Waals surface area (Å²) in [5.74, 6) is -1.50. The predicted molar refractivity (Wildman–Crippen MR) is 92.7 cm³/mol. The highest BCUT2D eigenvalue weighted by atomic mass is 32.1. The van der Waals surface area contributed by atoms with Crippen LogP contribution in [-0.2, 0) is 9.53 Å². The van der Waals surface area contributed by atoms with E-state index in [2.05, 4.69) is 4.98 Å². The third-order valence-corrected chi connectivity index (χ3v) is 4.77. The third kappa shape index (κ3) is 2.65. The quantitative estimate of drug-likeness (QED) is 0.704. The summed E-state index contributed by atoms with van der Waals surface area (Å²) in [6.45, 7) is 1.73. The van der Waals surface area contributed by atoms with Crippen LogP contribution < -0.4 is 10.2 Å². The summed E-state index contributed by atoms with van der Waals surface area (Å²) in [7, 11) is 1.55. The van der Waals surface area contributed by atoms with Crippen molar-refractivity contribution in [3.05, 3.63) is 34.9 Å². The van der Waals surface area contributed by atoms with E-state index in [9.17, 15) is 15.3 Å². The molecule has 1 atom stereocenters. The molecule has 3 rings (SSSR count). The van der Waals surface area contributed by atoms with Gasteiger partial charge in [0.25, 0.3) is 0 Å². The maximum absolute atomic E-state index is 12.1. The van der Waals surface area contributed by atoms with Crippen LogP contribution in [0.5, 0.6) is 5.75 Å². The summed E-state index contributed by atoms with van der Waals surface area (Å²) in [6.07, 6.45) is 0. The molecule has 0 spiro atoms. The zero-order valence-electron chi connectivity index (χ0n) is 13.9. The van der Waals surface area contributed by atoms with E-state index in [4.69, 9.17) is 14.9 Å². The number of fused-ring (bicyclic) bond motifs is 3. The van der Waals surface area contributed by atoms with Gasteiger partial charge in [0.05, 0.1) is 35.7 Å². The van der Waals surface area contributed by atoms with E-state index >= 15 is 0 Å². The minimum absolute atomic E-state index is 0.0584. The minimum atomic E-state index is -1.36. The van der Waals surface area contributed by atoms with Crippen LogP contribution in [0.1, 0.15) is 24.1 Å². The Hall–Kier alpha value is -3.43. The lowest BCUT2D eigenvalue weighted by Gasteiger charge is -2.10. The van der Waals surface area contributed by atoms with Crippen LogP contribution in [0.3, 0.4) is 0 Å². The number of nitriles is 2. The van der Waals surface area contributed by atoms with Gasteiger partial charge < -0.3 is 9.47 Å². The Morgan fingerprint density at radius 3 is 2.85 bits per heavy atom. The van der Waals surface area contributed by atoms with Crippen molar-refractivity contribution in [1.82, 2.24) is 9.38 Å². The molecule has 1 aromatic carbocycles. The van der Waals surface area contributed by atoms with E-state index in [-0.39, 0.29) is 23.4 Å². The van der Waals surface area contributed by atoms with Gasteiger partial charge in [-0.3, -0.25) is 14.6 Å². The molecular weight excluding hydrogens is 354 g/mol. The van der Waals surface area contributed by atoms with E-state index in [0.717, 1.165) is 4.70 Å². The van der Waals surface area contributed by atoms with E-state index in [1.165, 1.54) is 15.7 Å². The van der Waals surface area contributed by atoms with Crippen molar-refractivity contribution >= 4 is 32.5 Å². The first-order valence-electron chi connectivity index (χ1n) is 7.59. The largest absolute Gasteiger partial charge is 0.497 e. The van der Waals surface area contributed by atoms with Gasteiger partial charge in [0.15, 0.2) is 16.4 Å². The molecular formula is C17H13N5O3S. The average molecular weight is 367 g/mol. The second-order valence-electron chi connectivity index (χ2n) is 5.20. The Kier molecular flexibility index (Phi) is 4.57. The van der Waals surface area contributed by atoms with Gasteiger partial charge in [-0.25, -0.2) is 4.98 Å². The van der Waals surface area contributed by atoms with Crippen molar-refractivity contribution in [3.8, 4) is 17.9 Å². The number of thiazole rings is 1. The number of carbonyl (C=O) groups excluding carboxylic acids is 1. The zero-order valence-corrected chi connectivity index (χ0v) is 14.8. The number of nitrogens with one attached hydrogen (secondary N) is 1. The summed E-state index contributed by atoms with van der Waals surface area (Å²) in [6, 6.07) is 9.04. The first-order chi connectivity index (χ1) is 12.5. The Labute approximate surface area is 152 Å². The minimum Gasteiger partial charge on any atom is -0.497 e. The first kappa shape index (κ1) is 17.4. The number of esters is 1. The summed E-state index contributed by atoms with van der Waals surface area (Å²) < 4.78 is 12.4. The summed E-state index contributed by atoms with van der Waals surface area (Å²) >= 11 is 1.27. The molecule has 3 aromatic rings. The van der Waals surface area contributed by atoms with E-state index in [1.807, 2.05) is 12.1 Å². The zero-order chi connectivity index (χ0) is 18.8. The van der Waals surface area contributed by atoms with Gasteiger partial charge in [0, 0.05) is 0 Å². The summed E-state index contributed by atoms with van der Waals surface area (Å²) in [4.78, 5) is 16.8. The maximum Gasteiger partial charge on any atom is 0.329 e. The van der Waals surface area contributed by atoms with Crippen molar-refractivity contribution < 1.29 is 14.3 Å². The molecule has 1 N–H and O–H groups in total. The standard InChI is InChI=1S/C17H13N5O3S/c1-3-25-16(23)11(8-19)14-10(7-18)15(20)22-12-5-4-9(24-2)6-13(12)26-17(22)21-14/h4-6,11,20H,3H2,1-2H3. The fourth-order valence-electron chi connectivity index (χ4n) is 2.59. The third-order valence-electron chi connectivity index (χ3n) is 3.77. The molecule has 2 heterocycles. The first-order valence-corrected chi connectivity index (χ1v) is 8.41. The predicted octanol–water partition coefficient (Wildman–Crippen LogP) is 2.08. The highest BCUT2D eigenvalue weighted by molar-refractivity contribution is 7.23. The van der Waals surface area contributed by atoms with E-state index in [0.29, 0.717) is 16.2 Å². The number of hydrogen-bond acceptors (Lipinski definition) is 8. The molecule has 0 radical (unpaired) electrons. The molecule has 0 saturated carbocycles. The number of ether oxygens (including phenoxy) is 2. The number of aromatic nitrogens is 2. The molecule has 0 bridgehead atoms. The lowest BCUT2D eigenvalue weighted by atomic mass is 10.0. The van der Waals surface area contributed by atoms with Gasteiger partial charge >= 0.3 is 5.97 Å². The topological polar surface area (TPSA) is 124 Å². The molecule has 8 nitrogen and oxygen atoms in total. The van der Waals surface area contributed by atoms with Gasteiger partial charge in [-0.2, -0.15) is 10.5 Å². The summed E-state index contributed by atoms with van der Waals surface area (Å²) in [5, 5.41) is 27.3. The van der Waals surface area contributed by atoms with Crippen LogP contribution in [0.15, 0.2) is 18.2 Å². The maximum atomic E-state index is 12.1. The number of nitrogens with zero attached hydrogens (tertiary/aromatic N) is 4. The number of methoxy groups -OCH3 is 1. The second kappa shape index (κ2) is 6.82. The molecule has 0 aliphatic heterocycles. The van der Waals surface area contributed by atoms with Crippen molar-refractivity contribution in [1.29, 1.82) is 15.9 Å². The number of hydrogen-bond donors (Lipinski definition) is 1. The van der Waals surface area contributed by atoms with Crippen LogP contribution in [-0.4, -0.2) is 29.1 Å². The van der Waals surface area contributed by atoms with Gasteiger partial charge in [-0.1, -0.05) is 11.3 Å². The number of rotatable bonds is 4. The van der Waals surface area contributed by atoms with Crippen molar-refractivity contribution in [2.24, 2.45) is 0 Å². The van der Waals surface area contributed by atoms with Crippen molar-refractivity contribution in [2.45, 2.75) is 12.8 Å². The molecule has 130 valence electrons. The Bertz CT molecular complexity index is 1170. The monoisotopic (exact) mass is 367 g/mol.